The van der Waals surface area contributed by atoms with Crippen LogP contribution in [0, 0.1) is 5.82 Å². The number of anilines is 1. The van der Waals surface area contributed by atoms with Gasteiger partial charge in [-0.3, -0.25) is 9.59 Å². The van der Waals surface area contributed by atoms with Gasteiger partial charge in [-0.15, -0.1) is 0 Å². The van der Waals surface area contributed by atoms with E-state index < -0.39 is 17.5 Å². The minimum absolute atomic E-state index is 0.120. The summed E-state index contributed by atoms with van der Waals surface area (Å²) in [5, 5.41) is 0. The number of nitrogens with zero attached hydrogens (tertiary/aromatic N) is 1. The molecule has 0 unspecified atom stereocenters. The lowest BCUT2D eigenvalue weighted by atomic mass is 10.1. The highest BCUT2D eigenvalue weighted by Crippen LogP contribution is 2.29. The lowest BCUT2D eigenvalue weighted by Crippen LogP contribution is -2.32. The summed E-state index contributed by atoms with van der Waals surface area (Å²) in [6.07, 6.45) is 0.769. The summed E-state index contributed by atoms with van der Waals surface area (Å²) in [4.78, 5) is 24.9. The molecule has 20 heavy (non-hydrogen) atoms. The van der Waals surface area contributed by atoms with Crippen molar-refractivity contribution in [3.8, 4) is 0 Å². The molecule has 108 valence electrons. The molecule has 0 radical (unpaired) electrons. The molecule has 1 aromatic carbocycles. The van der Waals surface area contributed by atoms with E-state index in [-0.39, 0.29) is 12.1 Å². The number of amides is 1. The molecular weight excluding hydrogens is 265 g/mol. The molecule has 0 N–H and O–H groups in total. The molecule has 1 aromatic rings. The van der Waals surface area contributed by atoms with Gasteiger partial charge in [0.1, 0.15) is 5.82 Å². The Labute approximate surface area is 116 Å². The monoisotopic (exact) mass is 281 g/mol. The number of hydrogen-bond acceptors (Lipinski definition) is 4. The fourth-order valence-corrected chi connectivity index (χ4v) is 2.06. The van der Waals surface area contributed by atoms with Gasteiger partial charge in [0, 0.05) is 26.9 Å². The Balaban J connectivity index is 1.93. The maximum absolute atomic E-state index is 13.1. The molecule has 0 aromatic heterocycles. The summed E-state index contributed by atoms with van der Waals surface area (Å²) >= 11 is 0. The highest BCUT2D eigenvalue weighted by atomic mass is 19.1. The second-order valence-electron chi connectivity index (χ2n) is 4.41. The van der Waals surface area contributed by atoms with Crippen molar-refractivity contribution in [1.29, 1.82) is 0 Å². The van der Waals surface area contributed by atoms with Gasteiger partial charge in [0.05, 0.1) is 17.9 Å². The first-order valence-corrected chi connectivity index (χ1v) is 6.37. The van der Waals surface area contributed by atoms with Crippen LogP contribution in [0.15, 0.2) is 18.2 Å². The number of carbonyl (C=O) groups excluding carboxylic acids is 2. The smallest absolute Gasteiger partial charge is 0.299 e. The van der Waals surface area contributed by atoms with Crippen LogP contribution in [0.3, 0.4) is 0 Å². The molecule has 0 saturated heterocycles. The standard InChI is InChI=1S/C14H16FNO4/c1-19-6-2-7-20-8-5-16-12-4-3-10(15)9-11(12)13(17)14(16)18/h3-4,9H,2,5-8H2,1H3. The van der Waals surface area contributed by atoms with Crippen molar-refractivity contribution in [3.63, 3.8) is 0 Å². The number of hydrogen-bond donors (Lipinski definition) is 0. The van der Waals surface area contributed by atoms with Crippen LogP contribution >= 0.6 is 0 Å². The maximum Gasteiger partial charge on any atom is 0.299 e. The molecule has 6 heteroatoms. The fourth-order valence-electron chi connectivity index (χ4n) is 2.06. The second-order valence-corrected chi connectivity index (χ2v) is 4.41. The van der Waals surface area contributed by atoms with Crippen LogP contribution in [-0.2, 0) is 14.3 Å². The minimum atomic E-state index is -0.668. The Kier molecular flexibility index (Phi) is 4.81. The minimum Gasteiger partial charge on any atom is -0.385 e. The quantitative estimate of drug-likeness (QED) is 0.560. The Morgan fingerprint density at radius 2 is 2.00 bits per heavy atom. The van der Waals surface area contributed by atoms with E-state index >= 15 is 0 Å². The third-order valence-electron chi connectivity index (χ3n) is 3.03. The first-order chi connectivity index (χ1) is 9.65. The highest BCUT2D eigenvalue weighted by Gasteiger charge is 2.35. The topological polar surface area (TPSA) is 55.8 Å². The molecular formula is C14H16FNO4. The maximum atomic E-state index is 13.1. The summed E-state index contributed by atoms with van der Waals surface area (Å²) in [6, 6.07) is 3.77. The van der Waals surface area contributed by atoms with Crippen molar-refractivity contribution in [2.75, 3.05) is 38.4 Å². The van der Waals surface area contributed by atoms with E-state index in [2.05, 4.69) is 0 Å². The van der Waals surface area contributed by atoms with Crippen molar-refractivity contribution >= 4 is 17.4 Å². The van der Waals surface area contributed by atoms with Crippen molar-refractivity contribution in [2.24, 2.45) is 0 Å². The van der Waals surface area contributed by atoms with Gasteiger partial charge in [-0.2, -0.15) is 0 Å². The molecule has 0 aliphatic carbocycles. The molecule has 1 aliphatic rings. The third kappa shape index (κ3) is 3.02. The van der Waals surface area contributed by atoms with Gasteiger partial charge in [0.2, 0.25) is 0 Å². The lowest BCUT2D eigenvalue weighted by Gasteiger charge is -2.16. The zero-order valence-electron chi connectivity index (χ0n) is 11.2. The number of rotatable bonds is 7. The van der Waals surface area contributed by atoms with E-state index in [9.17, 15) is 14.0 Å². The van der Waals surface area contributed by atoms with Crippen LogP contribution in [0.2, 0.25) is 0 Å². The van der Waals surface area contributed by atoms with Gasteiger partial charge in [0.25, 0.3) is 11.7 Å². The van der Waals surface area contributed by atoms with Crippen LogP contribution < -0.4 is 4.90 Å². The largest absolute Gasteiger partial charge is 0.385 e. The predicted octanol–water partition coefficient (Wildman–Crippen LogP) is 1.41. The molecule has 1 aliphatic heterocycles. The molecule has 0 bridgehead atoms. The molecule has 0 atom stereocenters. The second kappa shape index (κ2) is 6.58. The van der Waals surface area contributed by atoms with E-state index in [0.29, 0.717) is 25.5 Å². The summed E-state index contributed by atoms with van der Waals surface area (Å²) in [5.41, 5.74) is 0.566. The van der Waals surface area contributed by atoms with Gasteiger partial charge in [0.15, 0.2) is 0 Å². The number of ether oxygens (including phenoxy) is 2. The fraction of sp³-hybridized carbons (Fsp3) is 0.429. The normalized spacial score (nSPS) is 14.0. The Morgan fingerprint density at radius 3 is 2.75 bits per heavy atom. The molecule has 0 spiro atoms. The average molecular weight is 281 g/mol. The van der Waals surface area contributed by atoms with Gasteiger partial charge >= 0.3 is 0 Å². The van der Waals surface area contributed by atoms with Crippen molar-refractivity contribution < 1.29 is 23.5 Å². The zero-order chi connectivity index (χ0) is 14.5. The molecule has 5 nitrogen and oxygen atoms in total. The number of Topliss-reactive ketones (excluding diaryl/α,β-unsaturated/α-hetero) is 1. The number of halogens is 1. The van der Waals surface area contributed by atoms with E-state index in [1.165, 1.54) is 17.0 Å². The lowest BCUT2D eigenvalue weighted by molar-refractivity contribution is -0.114. The Bertz CT molecular complexity index is 518. The van der Waals surface area contributed by atoms with Crippen molar-refractivity contribution in [2.45, 2.75) is 6.42 Å². The van der Waals surface area contributed by atoms with Gasteiger partial charge in [-0.25, -0.2) is 4.39 Å². The number of carbonyl (C=O) groups is 2. The first-order valence-electron chi connectivity index (χ1n) is 6.37. The zero-order valence-corrected chi connectivity index (χ0v) is 11.2. The van der Waals surface area contributed by atoms with E-state index in [1.807, 2.05) is 0 Å². The first kappa shape index (κ1) is 14.6. The molecule has 0 saturated carbocycles. The Morgan fingerprint density at radius 1 is 1.20 bits per heavy atom. The van der Waals surface area contributed by atoms with Crippen molar-refractivity contribution in [3.05, 3.63) is 29.6 Å². The summed E-state index contributed by atoms with van der Waals surface area (Å²) in [7, 11) is 1.62. The van der Waals surface area contributed by atoms with E-state index in [0.717, 1.165) is 12.5 Å². The van der Waals surface area contributed by atoms with Crippen LogP contribution in [0.25, 0.3) is 0 Å². The summed E-state index contributed by atoms with van der Waals surface area (Å²) in [6.45, 7) is 1.74. The van der Waals surface area contributed by atoms with Gasteiger partial charge < -0.3 is 14.4 Å². The van der Waals surface area contributed by atoms with E-state index in [4.69, 9.17) is 9.47 Å². The average Bonchev–Trinajstić information content (AvgIpc) is 2.67. The van der Waals surface area contributed by atoms with Gasteiger partial charge in [-0.05, 0) is 24.6 Å². The predicted molar refractivity (Wildman–Crippen MR) is 70.4 cm³/mol. The Hall–Kier alpha value is -1.79. The van der Waals surface area contributed by atoms with Crippen LogP contribution in [0.5, 0.6) is 0 Å². The number of benzene rings is 1. The molecule has 1 heterocycles. The molecule has 2 rings (SSSR count). The molecule has 1 amide bonds. The molecule has 0 fully saturated rings. The third-order valence-corrected chi connectivity index (χ3v) is 3.03. The van der Waals surface area contributed by atoms with E-state index in [1.54, 1.807) is 7.11 Å². The van der Waals surface area contributed by atoms with Crippen LogP contribution in [0.1, 0.15) is 16.8 Å². The van der Waals surface area contributed by atoms with Gasteiger partial charge in [-0.1, -0.05) is 0 Å². The number of methoxy groups -OCH3 is 1. The number of fused-ring (bicyclic) bond motifs is 1. The highest BCUT2D eigenvalue weighted by molar-refractivity contribution is 6.52. The van der Waals surface area contributed by atoms with Crippen LogP contribution in [-0.4, -0.2) is 45.2 Å². The van der Waals surface area contributed by atoms with Crippen LogP contribution in [0.4, 0.5) is 10.1 Å². The summed E-state index contributed by atoms with van der Waals surface area (Å²) in [5.74, 6) is -1.83. The number of ketones is 1. The summed E-state index contributed by atoms with van der Waals surface area (Å²) < 4.78 is 23.3. The van der Waals surface area contributed by atoms with Crippen molar-refractivity contribution in [1.82, 2.24) is 0 Å². The SMILES string of the molecule is COCCCOCCN1C(=O)C(=O)c2cc(F)ccc21.